The van der Waals surface area contributed by atoms with Crippen molar-refractivity contribution in [3.63, 3.8) is 0 Å². The number of halogens is 3. The first kappa shape index (κ1) is 8.83. The number of hydrogen-bond acceptors (Lipinski definition) is 3. The van der Waals surface area contributed by atoms with Crippen LogP contribution < -0.4 is 5.43 Å². The molecule has 0 aromatic rings. The minimum absolute atomic E-state index is 0.0700. The SMILES string of the molecule is FC(F)C1=CC=C(Br)C2=NCNN12. The molecule has 0 bridgehead atoms. The van der Waals surface area contributed by atoms with Crippen molar-refractivity contribution >= 4 is 21.8 Å². The van der Waals surface area contributed by atoms with E-state index in [0.29, 0.717) is 17.0 Å². The largest absolute Gasteiger partial charge is 0.279 e. The average Bonchev–Trinajstić information content (AvgIpc) is 2.53. The molecular weight excluding hydrogens is 244 g/mol. The molecule has 0 fully saturated rings. The highest BCUT2D eigenvalue weighted by Gasteiger charge is 2.29. The van der Waals surface area contributed by atoms with Gasteiger partial charge in [-0.15, -0.1) is 0 Å². The summed E-state index contributed by atoms with van der Waals surface area (Å²) in [5.74, 6) is 0.512. The highest BCUT2D eigenvalue weighted by molar-refractivity contribution is 9.12. The van der Waals surface area contributed by atoms with Gasteiger partial charge in [0.25, 0.3) is 6.43 Å². The van der Waals surface area contributed by atoms with E-state index in [2.05, 4.69) is 26.3 Å². The van der Waals surface area contributed by atoms with Crippen molar-refractivity contribution in [3.8, 4) is 0 Å². The summed E-state index contributed by atoms with van der Waals surface area (Å²) in [5.41, 5.74) is 2.66. The van der Waals surface area contributed by atoms with Crippen LogP contribution in [0.15, 0.2) is 27.3 Å². The monoisotopic (exact) mass is 249 g/mol. The van der Waals surface area contributed by atoms with Crippen LogP contribution in [-0.2, 0) is 0 Å². The second-order valence-electron chi connectivity index (χ2n) is 2.54. The van der Waals surface area contributed by atoms with E-state index in [1.165, 1.54) is 11.1 Å². The molecule has 0 aliphatic carbocycles. The standard InChI is InChI=1S/C7H6BrF2N3/c8-4-1-2-5(6(9)10)13-7(4)11-3-12-13/h1-2,6,12H,3H2. The van der Waals surface area contributed by atoms with Gasteiger partial charge in [0.1, 0.15) is 12.4 Å². The molecule has 6 heteroatoms. The third kappa shape index (κ3) is 1.40. The highest BCUT2D eigenvalue weighted by atomic mass is 79.9. The van der Waals surface area contributed by atoms with Crippen LogP contribution in [0.25, 0.3) is 0 Å². The van der Waals surface area contributed by atoms with Gasteiger partial charge in [-0.3, -0.25) is 5.01 Å². The number of fused-ring (bicyclic) bond motifs is 1. The minimum Gasteiger partial charge on any atom is -0.256 e. The molecule has 2 rings (SSSR count). The Balaban J connectivity index is 2.37. The fourth-order valence-electron chi connectivity index (χ4n) is 1.20. The van der Waals surface area contributed by atoms with Crippen LogP contribution in [0.3, 0.4) is 0 Å². The van der Waals surface area contributed by atoms with Gasteiger partial charge >= 0.3 is 0 Å². The first-order valence-corrected chi connectivity index (χ1v) is 4.43. The Labute approximate surface area is 81.9 Å². The van der Waals surface area contributed by atoms with Crippen LogP contribution in [0.2, 0.25) is 0 Å². The molecule has 0 aromatic heterocycles. The van der Waals surface area contributed by atoms with Gasteiger partial charge in [-0.25, -0.2) is 19.2 Å². The van der Waals surface area contributed by atoms with Crippen LogP contribution in [0.5, 0.6) is 0 Å². The van der Waals surface area contributed by atoms with Gasteiger partial charge in [-0.1, -0.05) is 0 Å². The fourth-order valence-corrected chi connectivity index (χ4v) is 1.64. The number of hydrazine groups is 1. The van der Waals surface area contributed by atoms with Gasteiger partial charge in [0.2, 0.25) is 0 Å². The summed E-state index contributed by atoms with van der Waals surface area (Å²) < 4.78 is 25.6. The molecule has 0 amide bonds. The molecule has 1 N–H and O–H groups in total. The molecule has 0 spiro atoms. The molecule has 2 heterocycles. The Morgan fingerprint density at radius 2 is 2.31 bits per heavy atom. The zero-order chi connectivity index (χ0) is 9.42. The van der Waals surface area contributed by atoms with E-state index in [4.69, 9.17) is 0 Å². The normalized spacial score (nSPS) is 21.2. The number of hydrogen-bond donors (Lipinski definition) is 1. The predicted octanol–water partition coefficient (Wildman–Crippen LogP) is 1.60. The summed E-state index contributed by atoms with van der Waals surface area (Å²) in [6, 6.07) is 0. The number of nitrogens with zero attached hydrogens (tertiary/aromatic N) is 2. The van der Waals surface area contributed by atoms with Gasteiger partial charge in [0.05, 0.1) is 4.48 Å². The number of rotatable bonds is 1. The second kappa shape index (κ2) is 3.19. The number of alkyl halides is 2. The van der Waals surface area contributed by atoms with E-state index in [1.54, 1.807) is 6.08 Å². The molecule has 13 heavy (non-hydrogen) atoms. The van der Waals surface area contributed by atoms with Crippen molar-refractivity contribution in [2.75, 3.05) is 6.67 Å². The molecule has 0 aromatic carbocycles. The maximum atomic E-state index is 12.4. The van der Waals surface area contributed by atoms with Crippen molar-refractivity contribution in [3.05, 3.63) is 22.3 Å². The first-order valence-electron chi connectivity index (χ1n) is 3.64. The number of allylic oxidation sites excluding steroid dienone is 3. The molecule has 2 aliphatic rings. The number of nitrogens with one attached hydrogen (secondary N) is 1. The van der Waals surface area contributed by atoms with E-state index in [0.717, 1.165) is 0 Å². The van der Waals surface area contributed by atoms with E-state index in [9.17, 15) is 8.78 Å². The van der Waals surface area contributed by atoms with Crippen molar-refractivity contribution in [2.24, 2.45) is 4.99 Å². The third-order valence-electron chi connectivity index (χ3n) is 1.77. The Kier molecular flexibility index (Phi) is 2.17. The lowest BCUT2D eigenvalue weighted by atomic mass is 10.2. The van der Waals surface area contributed by atoms with Crippen molar-refractivity contribution in [1.82, 2.24) is 10.4 Å². The zero-order valence-corrected chi connectivity index (χ0v) is 8.05. The van der Waals surface area contributed by atoms with Gasteiger partial charge in [-0.2, -0.15) is 0 Å². The topological polar surface area (TPSA) is 27.6 Å². The molecule has 0 atom stereocenters. The maximum Gasteiger partial charge on any atom is 0.279 e. The summed E-state index contributed by atoms with van der Waals surface area (Å²) in [6.45, 7) is 0.336. The molecule has 2 aliphatic heterocycles. The smallest absolute Gasteiger partial charge is 0.256 e. The quantitative estimate of drug-likeness (QED) is 0.765. The van der Waals surface area contributed by atoms with E-state index < -0.39 is 6.43 Å². The fraction of sp³-hybridized carbons (Fsp3) is 0.286. The van der Waals surface area contributed by atoms with Crippen LogP contribution in [0, 0.1) is 0 Å². The van der Waals surface area contributed by atoms with Crippen molar-refractivity contribution < 1.29 is 8.78 Å². The molecule has 0 saturated carbocycles. The lowest BCUT2D eigenvalue weighted by Crippen LogP contribution is -2.40. The number of amidine groups is 1. The zero-order valence-electron chi connectivity index (χ0n) is 6.47. The molecule has 70 valence electrons. The van der Waals surface area contributed by atoms with Gasteiger partial charge in [-0.05, 0) is 28.1 Å². The van der Waals surface area contributed by atoms with Gasteiger partial charge < -0.3 is 0 Å². The summed E-state index contributed by atoms with van der Waals surface area (Å²) >= 11 is 3.23. The van der Waals surface area contributed by atoms with Crippen molar-refractivity contribution in [1.29, 1.82) is 0 Å². The summed E-state index contributed by atoms with van der Waals surface area (Å²) in [6.07, 6.45) is 0.447. The third-order valence-corrected chi connectivity index (χ3v) is 2.38. The Morgan fingerprint density at radius 1 is 1.54 bits per heavy atom. The lowest BCUT2D eigenvalue weighted by molar-refractivity contribution is 0.151. The Morgan fingerprint density at radius 3 is 3.00 bits per heavy atom. The van der Waals surface area contributed by atoms with E-state index in [-0.39, 0.29) is 5.70 Å². The Bertz CT molecular complexity index is 322. The van der Waals surface area contributed by atoms with Crippen LogP contribution in [0.4, 0.5) is 8.78 Å². The highest BCUT2D eigenvalue weighted by Crippen LogP contribution is 2.25. The Hall–Kier alpha value is -0.750. The van der Waals surface area contributed by atoms with Crippen LogP contribution >= 0.6 is 15.9 Å². The summed E-state index contributed by atoms with van der Waals surface area (Å²) in [4.78, 5) is 4.01. The summed E-state index contributed by atoms with van der Waals surface area (Å²) in [5, 5.41) is 1.30. The molecule has 0 unspecified atom stereocenters. The molecular formula is C7H6BrF2N3. The van der Waals surface area contributed by atoms with Crippen LogP contribution in [0.1, 0.15) is 0 Å². The van der Waals surface area contributed by atoms with Gasteiger partial charge in [0.15, 0.2) is 5.84 Å². The van der Waals surface area contributed by atoms with Gasteiger partial charge in [0, 0.05) is 0 Å². The minimum atomic E-state index is -2.49. The van der Waals surface area contributed by atoms with Crippen molar-refractivity contribution in [2.45, 2.75) is 6.43 Å². The van der Waals surface area contributed by atoms with E-state index >= 15 is 0 Å². The first-order chi connectivity index (χ1) is 6.20. The second-order valence-corrected chi connectivity index (χ2v) is 3.39. The predicted molar refractivity (Wildman–Crippen MR) is 48.4 cm³/mol. The number of aliphatic imine (C=N–C) groups is 1. The lowest BCUT2D eigenvalue weighted by Gasteiger charge is -2.24. The molecule has 0 saturated heterocycles. The molecule has 3 nitrogen and oxygen atoms in total. The van der Waals surface area contributed by atoms with E-state index in [1.807, 2.05) is 0 Å². The summed E-state index contributed by atoms with van der Waals surface area (Å²) in [7, 11) is 0. The maximum absolute atomic E-state index is 12.4. The molecule has 0 radical (unpaired) electrons. The van der Waals surface area contributed by atoms with Crippen LogP contribution in [-0.4, -0.2) is 23.9 Å². The average molecular weight is 250 g/mol.